The molecule has 0 aromatic heterocycles. The molecule has 0 heterocycles. The van der Waals surface area contributed by atoms with Crippen LogP contribution in [0.15, 0.2) is 22.7 Å². The van der Waals surface area contributed by atoms with Gasteiger partial charge in [0.1, 0.15) is 5.82 Å². The molecule has 1 aromatic rings. The summed E-state index contributed by atoms with van der Waals surface area (Å²) < 4.78 is 14.1. The van der Waals surface area contributed by atoms with E-state index in [0.29, 0.717) is 23.1 Å². The Morgan fingerprint density at radius 2 is 2.24 bits per heavy atom. The molecule has 1 N–H and O–H groups in total. The molecule has 0 amide bonds. The fraction of sp³-hybridized carbons (Fsp3) is 0.417. The molecule has 0 fully saturated rings. The highest BCUT2D eigenvalue weighted by atomic mass is 79.9. The molecule has 1 atom stereocenters. The van der Waals surface area contributed by atoms with Crippen molar-refractivity contribution in [1.82, 2.24) is 4.90 Å². The molecule has 17 heavy (non-hydrogen) atoms. The molecule has 3 nitrogen and oxygen atoms in total. The van der Waals surface area contributed by atoms with Crippen LogP contribution in [-0.2, 0) is 11.3 Å². The second kappa shape index (κ2) is 6.12. The van der Waals surface area contributed by atoms with Crippen molar-refractivity contribution in [2.45, 2.75) is 13.5 Å². The first-order chi connectivity index (χ1) is 7.91. The summed E-state index contributed by atoms with van der Waals surface area (Å²) in [5.74, 6) is -1.59. The van der Waals surface area contributed by atoms with Crippen LogP contribution < -0.4 is 0 Å². The number of nitrogens with zero attached hydrogens (tertiary/aromatic N) is 1. The fourth-order valence-electron chi connectivity index (χ4n) is 1.57. The van der Waals surface area contributed by atoms with Crippen molar-refractivity contribution in [3.05, 3.63) is 34.1 Å². The Morgan fingerprint density at radius 3 is 2.82 bits per heavy atom. The van der Waals surface area contributed by atoms with Gasteiger partial charge < -0.3 is 10.0 Å². The maximum Gasteiger partial charge on any atom is 0.307 e. The van der Waals surface area contributed by atoms with E-state index in [-0.39, 0.29) is 5.82 Å². The maximum absolute atomic E-state index is 13.7. The molecule has 0 saturated heterocycles. The summed E-state index contributed by atoms with van der Waals surface area (Å²) >= 11 is 3.12. The first kappa shape index (κ1) is 14.1. The zero-order valence-electron chi connectivity index (χ0n) is 9.78. The summed E-state index contributed by atoms with van der Waals surface area (Å²) in [4.78, 5) is 12.5. The Balaban J connectivity index is 2.65. The van der Waals surface area contributed by atoms with Gasteiger partial charge in [0, 0.05) is 18.7 Å². The molecule has 1 rings (SSSR count). The Labute approximate surface area is 108 Å². The maximum atomic E-state index is 13.7. The van der Waals surface area contributed by atoms with Crippen LogP contribution in [0.25, 0.3) is 0 Å². The van der Waals surface area contributed by atoms with Crippen LogP contribution in [-0.4, -0.2) is 29.6 Å². The van der Waals surface area contributed by atoms with Gasteiger partial charge in [-0.2, -0.15) is 0 Å². The van der Waals surface area contributed by atoms with Gasteiger partial charge in [-0.1, -0.05) is 19.1 Å². The topological polar surface area (TPSA) is 40.5 Å². The summed E-state index contributed by atoms with van der Waals surface area (Å²) in [6, 6.07) is 5.09. The SMILES string of the molecule is CC(CN(C)Cc1cccc(Br)c1F)C(=O)O. The molecule has 0 saturated carbocycles. The zero-order valence-corrected chi connectivity index (χ0v) is 11.4. The van der Waals surface area contributed by atoms with Crippen molar-refractivity contribution in [3.8, 4) is 0 Å². The first-order valence-corrected chi connectivity index (χ1v) is 6.05. The van der Waals surface area contributed by atoms with Crippen molar-refractivity contribution in [2.75, 3.05) is 13.6 Å². The standard InChI is InChI=1S/C12H15BrFNO2/c1-8(12(16)17)6-15(2)7-9-4-3-5-10(13)11(9)14/h3-5,8H,6-7H2,1-2H3,(H,16,17). The van der Waals surface area contributed by atoms with E-state index in [4.69, 9.17) is 5.11 Å². The molecule has 0 aliphatic heterocycles. The lowest BCUT2D eigenvalue weighted by Crippen LogP contribution is -2.28. The van der Waals surface area contributed by atoms with E-state index in [9.17, 15) is 9.18 Å². The average molecular weight is 304 g/mol. The molecule has 5 heteroatoms. The van der Waals surface area contributed by atoms with Crippen molar-refractivity contribution >= 4 is 21.9 Å². The summed E-state index contributed by atoms with van der Waals surface area (Å²) in [5, 5.41) is 8.79. The lowest BCUT2D eigenvalue weighted by Gasteiger charge is -2.19. The highest BCUT2D eigenvalue weighted by Crippen LogP contribution is 2.19. The molecule has 0 bridgehead atoms. The quantitative estimate of drug-likeness (QED) is 0.909. The molecule has 0 spiro atoms. The number of carbonyl (C=O) groups is 1. The Bertz CT molecular complexity index is 411. The zero-order chi connectivity index (χ0) is 13.0. The lowest BCUT2D eigenvalue weighted by atomic mass is 10.1. The second-order valence-corrected chi connectivity index (χ2v) is 5.00. The summed E-state index contributed by atoms with van der Waals surface area (Å²) in [5.41, 5.74) is 0.555. The number of halogens is 2. The predicted octanol–water partition coefficient (Wildman–Crippen LogP) is 2.74. The van der Waals surface area contributed by atoms with Crippen LogP contribution in [0.1, 0.15) is 12.5 Å². The second-order valence-electron chi connectivity index (χ2n) is 4.15. The molecular formula is C12H15BrFNO2. The fourth-order valence-corrected chi connectivity index (χ4v) is 1.98. The van der Waals surface area contributed by atoms with Gasteiger partial charge in [0.15, 0.2) is 0 Å². The van der Waals surface area contributed by atoms with Crippen molar-refractivity contribution < 1.29 is 14.3 Å². The number of carboxylic acid groups (broad SMARTS) is 1. The van der Waals surface area contributed by atoms with E-state index in [1.54, 1.807) is 37.1 Å². The third-order valence-electron chi connectivity index (χ3n) is 2.48. The predicted molar refractivity (Wildman–Crippen MR) is 67.2 cm³/mol. The Hall–Kier alpha value is -0.940. The Morgan fingerprint density at radius 1 is 1.59 bits per heavy atom. The minimum atomic E-state index is -0.841. The number of hydrogen-bond donors (Lipinski definition) is 1. The first-order valence-electron chi connectivity index (χ1n) is 5.26. The highest BCUT2D eigenvalue weighted by Gasteiger charge is 2.15. The normalized spacial score (nSPS) is 12.8. The molecule has 0 aliphatic rings. The number of benzene rings is 1. The van der Waals surface area contributed by atoms with Crippen molar-refractivity contribution in [1.29, 1.82) is 0 Å². The summed E-state index contributed by atoms with van der Waals surface area (Å²) in [6.45, 7) is 2.42. The van der Waals surface area contributed by atoms with E-state index in [2.05, 4.69) is 15.9 Å². The van der Waals surface area contributed by atoms with Gasteiger partial charge in [0.25, 0.3) is 0 Å². The third-order valence-corrected chi connectivity index (χ3v) is 3.09. The monoisotopic (exact) mass is 303 g/mol. The van der Waals surface area contributed by atoms with Crippen LogP contribution >= 0.6 is 15.9 Å². The molecule has 0 aliphatic carbocycles. The minimum Gasteiger partial charge on any atom is -0.481 e. The van der Waals surface area contributed by atoms with Crippen LogP contribution in [0.3, 0.4) is 0 Å². The van der Waals surface area contributed by atoms with Gasteiger partial charge in [-0.15, -0.1) is 0 Å². The lowest BCUT2D eigenvalue weighted by molar-refractivity contribution is -0.141. The van der Waals surface area contributed by atoms with Gasteiger partial charge in [0.05, 0.1) is 10.4 Å². The van der Waals surface area contributed by atoms with E-state index < -0.39 is 11.9 Å². The summed E-state index contributed by atoms with van der Waals surface area (Å²) in [6.07, 6.45) is 0. The van der Waals surface area contributed by atoms with E-state index in [1.165, 1.54) is 0 Å². The van der Waals surface area contributed by atoms with E-state index in [0.717, 1.165) is 0 Å². The van der Waals surface area contributed by atoms with Crippen LogP contribution in [0.5, 0.6) is 0 Å². The van der Waals surface area contributed by atoms with Gasteiger partial charge in [-0.05, 0) is 29.0 Å². The molecule has 94 valence electrons. The average Bonchev–Trinajstić information content (AvgIpc) is 2.24. The molecule has 1 unspecified atom stereocenters. The largest absolute Gasteiger partial charge is 0.481 e. The van der Waals surface area contributed by atoms with Gasteiger partial charge >= 0.3 is 5.97 Å². The molecular weight excluding hydrogens is 289 g/mol. The van der Waals surface area contributed by atoms with Crippen LogP contribution in [0.2, 0.25) is 0 Å². The van der Waals surface area contributed by atoms with Crippen molar-refractivity contribution in [3.63, 3.8) is 0 Å². The third kappa shape index (κ3) is 4.09. The van der Waals surface area contributed by atoms with E-state index in [1.807, 2.05) is 0 Å². The van der Waals surface area contributed by atoms with Crippen molar-refractivity contribution in [2.24, 2.45) is 5.92 Å². The highest BCUT2D eigenvalue weighted by molar-refractivity contribution is 9.10. The Kier molecular flexibility index (Phi) is 5.08. The molecule has 1 aromatic carbocycles. The number of rotatable bonds is 5. The van der Waals surface area contributed by atoms with Gasteiger partial charge in [-0.3, -0.25) is 4.79 Å². The molecule has 0 radical (unpaired) electrons. The number of carboxylic acids is 1. The summed E-state index contributed by atoms with van der Waals surface area (Å²) in [7, 11) is 1.78. The van der Waals surface area contributed by atoms with E-state index >= 15 is 0 Å². The smallest absolute Gasteiger partial charge is 0.307 e. The van der Waals surface area contributed by atoms with Crippen LogP contribution in [0, 0.1) is 11.7 Å². The van der Waals surface area contributed by atoms with Gasteiger partial charge in [0.2, 0.25) is 0 Å². The van der Waals surface area contributed by atoms with Crippen LogP contribution in [0.4, 0.5) is 4.39 Å². The minimum absolute atomic E-state index is 0.290. The number of aliphatic carboxylic acids is 1. The van der Waals surface area contributed by atoms with Gasteiger partial charge in [-0.25, -0.2) is 4.39 Å². The number of hydrogen-bond acceptors (Lipinski definition) is 2.